The van der Waals surface area contributed by atoms with E-state index in [4.69, 9.17) is 26.0 Å². The highest BCUT2D eigenvalue weighted by atomic mass is 35.5. The van der Waals surface area contributed by atoms with E-state index in [1.807, 2.05) is 0 Å². The molecule has 13 nitrogen and oxygen atoms in total. The van der Waals surface area contributed by atoms with Crippen LogP contribution in [0, 0.1) is 0 Å². The molecule has 0 aliphatic heterocycles. The van der Waals surface area contributed by atoms with Crippen LogP contribution in [0.15, 0.2) is 42.7 Å². The van der Waals surface area contributed by atoms with Crippen molar-refractivity contribution >= 4 is 48.7 Å². The number of pyridine rings is 1. The molecule has 4 N–H and O–H groups in total. The molecule has 3 aromatic heterocycles. The molecule has 1 atom stereocenters. The van der Waals surface area contributed by atoms with E-state index in [1.54, 1.807) is 25.1 Å². The summed E-state index contributed by atoms with van der Waals surface area (Å²) in [7, 11) is 0.828. The lowest BCUT2D eigenvalue weighted by Crippen LogP contribution is -2.21. The number of hydrogen-bond donors (Lipinski definition) is 4. The summed E-state index contributed by atoms with van der Waals surface area (Å²) in [5.41, 5.74) is 0.106. The largest absolute Gasteiger partial charge is 0.512 e. The van der Waals surface area contributed by atoms with Gasteiger partial charge < -0.3 is 25.8 Å². The van der Waals surface area contributed by atoms with Crippen LogP contribution < -0.4 is 20.7 Å². The zero-order chi connectivity index (χ0) is 33.4. The number of carbonyl (C=O) groups excluding carboxylic acids is 1. The summed E-state index contributed by atoms with van der Waals surface area (Å²) in [5, 5.41) is 21.4. The standard InChI is InChI=1S/C28H29ClF3N8O5P/c1-4-45-46(43)15-16-6-7-20(22(12-16)44-3)38-27-34-14-18(28(30,31)32)25(39-27)37-21-9-8-19(36-23(21)26(42)33-2)17-13-35-40(24(17)29)10-5-11-41/h6-9,12-14,41H,4-5,10-11,15H2,1-3H3,(H2-,33,34,37,38,39,42)/p+1. The topological polar surface area (TPSA) is 165 Å². The van der Waals surface area contributed by atoms with Gasteiger partial charge in [0.25, 0.3) is 5.91 Å². The quantitative estimate of drug-likeness (QED) is 0.117. The van der Waals surface area contributed by atoms with E-state index < -0.39 is 31.5 Å². The molecule has 0 fully saturated rings. The van der Waals surface area contributed by atoms with Gasteiger partial charge in [-0.3, -0.25) is 9.48 Å². The minimum atomic E-state index is -4.85. The molecule has 3 heterocycles. The monoisotopic (exact) mass is 681 g/mol. The van der Waals surface area contributed by atoms with Gasteiger partial charge in [0.2, 0.25) is 12.1 Å². The molecule has 0 saturated carbocycles. The molecule has 0 radical (unpaired) electrons. The molecule has 0 bridgehead atoms. The van der Waals surface area contributed by atoms with E-state index in [0.29, 0.717) is 48.3 Å². The molecule has 244 valence electrons. The third-order valence-corrected chi connectivity index (χ3v) is 7.93. The van der Waals surface area contributed by atoms with Crippen molar-refractivity contribution in [1.82, 2.24) is 30.0 Å². The molecule has 0 aliphatic rings. The number of carbonyl (C=O) groups is 1. The Morgan fingerprint density at radius 2 is 1.89 bits per heavy atom. The van der Waals surface area contributed by atoms with Gasteiger partial charge in [0.15, 0.2) is 5.69 Å². The van der Waals surface area contributed by atoms with Gasteiger partial charge in [-0.2, -0.15) is 23.3 Å². The van der Waals surface area contributed by atoms with Crippen molar-refractivity contribution in [2.75, 3.05) is 38.0 Å². The Morgan fingerprint density at radius 3 is 2.57 bits per heavy atom. The van der Waals surface area contributed by atoms with Crippen molar-refractivity contribution in [2.45, 2.75) is 32.2 Å². The van der Waals surface area contributed by atoms with E-state index in [0.717, 1.165) is 0 Å². The van der Waals surface area contributed by atoms with Crippen molar-refractivity contribution in [3.8, 4) is 17.0 Å². The average molecular weight is 682 g/mol. The highest BCUT2D eigenvalue weighted by Crippen LogP contribution is 2.38. The number of nitrogens with one attached hydrogen (secondary N) is 3. The normalized spacial score (nSPS) is 11.7. The summed E-state index contributed by atoms with van der Waals surface area (Å²) in [6.07, 6.45) is -2.26. The van der Waals surface area contributed by atoms with Crippen LogP contribution in [0.25, 0.3) is 11.3 Å². The van der Waals surface area contributed by atoms with Crippen LogP contribution in [0.5, 0.6) is 5.75 Å². The first-order chi connectivity index (χ1) is 22.0. The number of halogens is 4. The Morgan fingerprint density at radius 1 is 1.13 bits per heavy atom. The fraction of sp³-hybridized carbons (Fsp3) is 0.321. The summed E-state index contributed by atoms with van der Waals surface area (Å²) < 4.78 is 66.1. The van der Waals surface area contributed by atoms with Crippen LogP contribution in [-0.4, -0.2) is 63.1 Å². The van der Waals surface area contributed by atoms with Crippen molar-refractivity contribution in [3.05, 3.63) is 64.7 Å². The van der Waals surface area contributed by atoms with E-state index in [-0.39, 0.29) is 40.9 Å². The molecule has 0 spiro atoms. The number of ether oxygens (including phenoxy) is 1. The molecule has 0 aliphatic carbocycles. The number of anilines is 4. The van der Waals surface area contributed by atoms with Crippen molar-refractivity contribution in [2.24, 2.45) is 0 Å². The number of benzene rings is 1. The van der Waals surface area contributed by atoms with Gasteiger partial charge in [-0.05, 0) is 42.2 Å². The molecular formula is C28H30ClF3N8O5P+. The van der Waals surface area contributed by atoms with Gasteiger partial charge in [-0.25, -0.2) is 9.97 Å². The predicted molar refractivity (Wildman–Crippen MR) is 165 cm³/mol. The van der Waals surface area contributed by atoms with Gasteiger partial charge in [0, 0.05) is 32.0 Å². The lowest BCUT2D eigenvalue weighted by atomic mass is 10.1. The summed E-state index contributed by atoms with van der Waals surface area (Å²) in [6, 6.07) is 7.70. The van der Waals surface area contributed by atoms with Crippen LogP contribution in [0.2, 0.25) is 5.15 Å². The van der Waals surface area contributed by atoms with Crippen LogP contribution in [0.3, 0.4) is 0 Å². The van der Waals surface area contributed by atoms with E-state index in [2.05, 4.69) is 36.0 Å². The maximum atomic E-state index is 14.0. The Labute approximate surface area is 267 Å². The molecule has 4 rings (SSSR count). The van der Waals surface area contributed by atoms with Crippen molar-refractivity contribution in [3.63, 3.8) is 0 Å². The second-order valence-corrected chi connectivity index (χ2v) is 11.1. The Kier molecular flexibility index (Phi) is 11.5. The van der Waals surface area contributed by atoms with E-state index in [9.17, 15) is 22.5 Å². The zero-order valence-corrected chi connectivity index (χ0v) is 26.5. The molecule has 1 amide bonds. The Bertz CT molecular complexity index is 1720. The number of amides is 1. The number of aliphatic hydroxyl groups is 1. The Hall–Kier alpha value is -4.37. The second kappa shape index (κ2) is 15.3. The maximum Gasteiger partial charge on any atom is 0.512 e. The number of alkyl halides is 3. The summed E-state index contributed by atoms with van der Waals surface area (Å²) in [6.45, 7) is 2.30. The van der Waals surface area contributed by atoms with Gasteiger partial charge in [-0.1, -0.05) is 17.7 Å². The fourth-order valence-electron chi connectivity index (χ4n) is 4.19. The molecule has 1 unspecified atom stereocenters. The van der Waals surface area contributed by atoms with Crippen LogP contribution in [0.1, 0.15) is 35.0 Å². The zero-order valence-electron chi connectivity index (χ0n) is 24.9. The lowest BCUT2D eigenvalue weighted by Gasteiger charge is -2.17. The van der Waals surface area contributed by atoms with Crippen molar-refractivity contribution in [1.29, 1.82) is 0 Å². The molecule has 0 saturated heterocycles. The lowest BCUT2D eigenvalue weighted by molar-refractivity contribution is -0.137. The van der Waals surface area contributed by atoms with Gasteiger partial charge >= 0.3 is 14.2 Å². The molecule has 4 aromatic rings. The highest BCUT2D eigenvalue weighted by molar-refractivity contribution is 7.38. The molecule has 1 aromatic carbocycles. The van der Waals surface area contributed by atoms with Crippen LogP contribution >= 0.6 is 19.6 Å². The van der Waals surface area contributed by atoms with E-state index >= 15 is 0 Å². The average Bonchev–Trinajstić information content (AvgIpc) is 3.39. The van der Waals surface area contributed by atoms with Crippen LogP contribution in [0.4, 0.5) is 36.3 Å². The van der Waals surface area contributed by atoms with Gasteiger partial charge in [-0.15, -0.1) is 4.52 Å². The predicted octanol–water partition coefficient (Wildman–Crippen LogP) is 5.92. The Balaban J connectivity index is 1.69. The number of rotatable bonds is 14. The first-order valence-electron chi connectivity index (χ1n) is 13.8. The molecule has 46 heavy (non-hydrogen) atoms. The number of hydrogen-bond acceptors (Lipinski definition) is 11. The van der Waals surface area contributed by atoms with Crippen LogP contribution in [-0.2, 0) is 28.0 Å². The SMILES string of the molecule is CCO[P+](=O)Cc1ccc(Nc2ncc(C(F)(F)F)c(Nc3ccc(-c4cnn(CCCO)c4Cl)nc3C(=O)NC)n2)c(OC)c1. The number of aryl methyl sites for hydroxylation is 1. The highest BCUT2D eigenvalue weighted by Gasteiger charge is 2.36. The molecule has 18 heteroatoms. The second-order valence-electron chi connectivity index (χ2n) is 9.47. The van der Waals surface area contributed by atoms with Crippen molar-refractivity contribution < 1.29 is 36.9 Å². The third-order valence-electron chi connectivity index (χ3n) is 6.36. The number of nitrogens with zero attached hydrogens (tertiary/aromatic N) is 5. The number of aromatic nitrogens is 5. The summed E-state index contributed by atoms with van der Waals surface area (Å²) in [5.74, 6) is -1.25. The number of aliphatic hydroxyl groups excluding tert-OH is 1. The number of methoxy groups -OCH3 is 1. The first kappa shape index (κ1) is 34.5. The van der Waals surface area contributed by atoms with Gasteiger partial charge in [0.1, 0.15) is 22.3 Å². The van der Waals surface area contributed by atoms with Gasteiger partial charge in [0.05, 0.1) is 42.5 Å². The minimum absolute atomic E-state index is 0.0660. The third kappa shape index (κ3) is 8.26. The fourth-order valence-corrected chi connectivity index (χ4v) is 5.34. The molecular weight excluding hydrogens is 652 g/mol. The maximum absolute atomic E-state index is 14.0. The minimum Gasteiger partial charge on any atom is -0.495 e. The van der Waals surface area contributed by atoms with E-state index in [1.165, 1.54) is 37.2 Å². The summed E-state index contributed by atoms with van der Waals surface area (Å²) >= 11 is 6.44. The first-order valence-corrected chi connectivity index (χ1v) is 15.5. The smallest absolute Gasteiger partial charge is 0.495 e. The summed E-state index contributed by atoms with van der Waals surface area (Å²) in [4.78, 5) is 25.1.